The molecule has 5 nitrogen and oxygen atoms in total. The molecule has 128 valence electrons. The Hall–Kier alpha value is -2.52. The Labute approximate surface area is 151 Å². The highest BCUT2D eigenvalue weighted by atomic mass is 32.2. The first-order valence-electron chi connectivity index (χ1n) is 8.11. The molecular formula is C19H19N3O2S. The van der Waals surface area contributed by atoms with Crippen LogP contribution in [0.3, 0.4) is 0 Å². The molecule has 6 heteroatoms. The van der Waals surface area contributed by atoms with Gasteiger partial charge in [-0.15, -0.1) is 0 Å². The Kier molecular flexibility index (Phi) is 5.25. The fraction of sp³-hybridized carbons (Fsp3) is 0.316. The van der Waals surface area contributed by atoms with E-state index in [1.807, 2.05) is 6.92 Å². The second-order valence-corrected chi connectivity index (χ2v) is 6.84. The van der Waals surface area contributed by atoms with Crippen LogP contribution in [-0.4, -0.2) is 23.8 Å². The molecule has 0 atom stereocenters. The van der Waals surface area contributed by atoms with Crippen LogP contribution in [-0.2, 0) is 17.6 Å². The fourth-order valence-electron chi connectivity index (χ4n) is 2.99. The maximum atomic E-state index is 12.2. The van der Waals surface area contributed by atoms with Gasteiger partial charge in [0.1, 0.15) is 16.8 Å². The lowest BCUT2D eigenvalue weighted by molar-refractivity contribution is -0.113. The van der Waals surface area contributed by atoms with E-state index in [-0.39, 0.29) is 11.7 Å². The summed E-state index contributed by atoms with van der Waals surface area (Å²) in [5, 5.41) is 13.0. The number of fused-ring (bicyclic) bond motifs is 1. The highest BCUT2D eigenvalue weighted by Gasteiger charge is 2.21. The predicted molar refractivity (Wildman–Crippen MR) is 98.1 cm³/mol. The van der Waals surface area contributed by atoms with Gasteiger partial charge in [-0.2, -0.15) is 5.26 Å². The summed E-state index contributed by atoms with van der Waals surface area (Å²) in [6, 6.07) is 9.42. The van der Waals surface area contributed by atoms with E-state index in [0.717, 1.165) is 36.3 Å². The van der Waals surface area contributed by atoms with E-state index in [1.165, 1.54) is 17.3 Å². The molecule has 0 saturated carbocycles. The average Bonchev–Trinajstić information content (AvgIpc) is 3.09. The maximum absolute atomic E-state index is 12.2. The zero-order chi connectivity index (χ0) is 17.8. The fourth-order valence-corrected chi connectivity index (χ4v) is 3.84. The topological polar surface area (TPSA) is 75.0 Å². The van der Waals surface area contributed by atoms with Crippen molar-refractivity contribution in [3.63, 3.8) is 0 Å². The molecule has 0 bridgehead atoms. The summed E-state index contributed by atoms with van der Waals surface area (Å²) in [4.78, 5) is 16.8. The standard InChI is InChI=1S/C19H19N3O2S/c1-12-15-4-3-5-17(15)22-19(16(12)10-20)25-11-18(23)21-13-6-8-14(24-2)9-7-13/h6-9H,3-5,11H2,1-2H3,(H,21,23). The minimum Gasteiger partial charge on any atom is -0.497 e. The Balaban J connectivity index is 1.68. The summed E-state index contributed by atoms with van der Waals surface area (Å²) in [6.07, 6.45) is 3.03. The molecule has 0 saturated heterocycles. The third-order valence-corrected chi connectivity index (χ3v) is 5.27. The molecule has 25 heavy (non-hydrogen) atoms. The number of hydrogen-bond acceptors (Lipinski definition) is 5. The smallest absolute Gasteiger partial charge is 0.234 e. The van der Waals surface area contributed by atoms with Crippen molar-refractivity contribution in [1.29, 1.82) is 5.26 Å². The molecule has 0 unspecified atom stereocenters. The molecule has 2 aromatic rings. The molecule has 1 aliphatic carbocycles. The monoisotopic (exact) mass is 353 g/mol. The summed E-state index contributed by atoms with van der Waals surface area (Å²) >= 11 is 1.32. The van der Waals surface area contributed by atoms with Crippen molar-refractivity contribution in [2.75, 3.05) is 18.2 Å². The number of benzene rings is 1. The number of anilines is 1. The van der Waals surface area contributed by atoms with Gasteiger partial charge in [-0.3, -0.25) is 4.79 Å². The van der Waals surface area contributed by atoms with Crippen LogP contribution in [0.15, 0.2) is 29.3 Å². The van der Waals surface area contributed by atoms with Crippen molar-refractivity contribution in [2.24, 2.45) is 0 Å². The van der Waals surface area contributed by atoms with Gasteiger partial charge in [0.15, 0.2) is 0 Å². The normalized spacial score (nSPS) is 12.4. The van der Waals surface area contributed by atoms with Crippen LogP contribution >= 0.6 is 11.8 Å². The van der Waals surface area contributed by atoms with E-state index in [9.17, 15) is 10.1 Å². The number of rotatable bonds is 5. The van der Waals surface area contributed by atoms with Gasteiger partial charge in [0.2, 0.25) is 5.91 Å². The van der Waals surface area contributed by atoms with Crippen molar-refractivity contribution in [3.8, 4) is 11.8 Å². The van der Waals surface area contributed by atoms with Crippen LogP contribution in [0.5, 0.6) is 5.75 Å². The lowest BCUT2D eigenvalue weighted by Gasteiger charge is -2.11. The summed E-state index contributed by atoms with van der Waals surface area (Å²) < 4.78 is 5.10. The number of carbonyl (C=O) groups is 1. The molecule has 3 rings (SSSR count). The number of nitriles is 1. The van der Waals surface area contributed by atoms with E-state index in [1.54, 1.807) is 31.4 Å². The number of aryl methyl sites for hydroxylation is 1. The molecule has 1 N–H and O–H groups in total. The quantitative estimate of drug-likeness (QED) is 0.833. The second kappa shape index (κ2) is 7.58. The van der Waals surface area contributed by atoms with Crippen LogP contribution in [0.4, 0.5) is 5.69 Å². The van der Waals surface area contributed by atoms with Gasteiger partial charge in [-0.05, 0) is 61.6 Å². The van der Waals surface area contributed by atoms with Gasteiger partial charge >= 0.3 is 0 Å². The summed E-state index contributed by atoms with van der Waals surface area (Å²) in [5.74, 6) is 0.828. The number of pyridine rings is 1. The highest BCUT2D eigenvalue weighted by Crippen LogP contribution is 2.31. The first-order chi connectivity index (χ1) is 12.1. The Bertz CT molecular complexity index is 841. The van der Waals surface area contributed by atoms with E-state index < -0.39 is 0 Å². The number of amides is 1. The van der Waals surface area contributed by atoms with Crippen molar-refractivity contribution >= 4 is 23.4 Å². The summed E-state index contributed by atoms with van der Waals surface area (Å²) in [7, 11) is 1.60. The Morgan fingerprint density at radius 2 is 2.12 bits per heavy atom. The molecule has 1 aromatic carbocycles. The van der Waals surface area contributed by atoms with Gasteiger partial charge in [0, 0.05) is 11.4 Å². The summed E-state index contributed by atoms with van der Waals surface area (Å²) in [5.41, 5.74) is 4.62. The first-order valence-corrected chi connectivity index (χ1v) is 9.10. The third-order valence-electron chi connectivity index (χ3n) is 4.29. The molecule has 1 aliphatic rings. The number of nitrogens with zero attached hydrogens (tertiary/aromatic N) is 2. The maximum Gasteiger partial charge on any atom is 0.234 e. The van der Waals surface area contributed by atoms with E-state index in [0.29, 0.717) is 16.3 Å². The summed E-state index contributed by atoms with van der Waals surface area (Å²) in [6.45, 7) is 1.98. The van der Waals surface area contributed by atoms with Gasteiger partial charge in [-0.25, -0.2) is 4.98 Å². The van der Waals surface area contributed by atoms with E-state index in [4.69, 9.17) is 4.74 Å². The first kappa shape index (κ1) is 17.3. The molecule has 1 heterocycles. The highest BCUT2D eigenvalue weighted by molar-refractivity contribution is 8.00. The molecular weight excluding hydrogens is 334 g/mol. The van der Waals surface area contributed by atoms with Crippen LogP contribution < -0.4 is 10.1 Å². The van der Waals surface area contributed by atoms with Gasteiger partial charge in [-0.1, -0.05) is 11.8 Å². The van der Waals surface area contributed by atoms with Crippen LogP contribution in [0.25, 0.3) is 0 Å². The lowest BCUT2D eigenvalue weighted by Crippen LogP contribution is -2.14. The van der Waals surface area contributed by atoms with Crippen LogP contribution in [0.1, 0.15) is 28.8 Å². The van der Waals surface area contributed by atoms with E-state index in [2.05, 4.69) is 16.4 Å². The Morgan fingerprint density at radius 3 is 2.80 bits per heavy atom. The second-order valence-electron chi connectivity index (χ2n) is 5.87. The molecule has 1 amide bonds. The van der Waals surface area contributed by atoms with Crippen molar-refractivity contribution in [2.45, 2.75) is 31.2 Å². The number of thioether (sulfide) groups is 1. The van der Waals surface area contributed by atoms with Gasteiger partial charge in [0.25, 0.3) is 0 Å². The van der Waals surface area contributed by atoms with Crippen molar-refractivity contribution in [3.05, 3.63) is 46.6 Å². The van der Waals surface area contributed by atoms with Gasteiger partial charge in [0.05, 0.1) is 18.4 Å². The Morgan fingerprint density at radius 1 is 1.36 bits per heavy atom. The van der Waals surface area contributed by atoms with Crippen LogP contribution in [0.2, 0.25) is 0 Å². The molecule has 1 aromatic heterocycles. The van der Waals surface area contributed by atoms with E-state index >= 15 is 0 Å². The largest absolute Gasteiger partial charge is 0.497 e. The minimum absolute atomic E-state index is 0.126. The molecule has 0 spiro atoms. The number of aromatic nitrogens is 1. The SMILES string of the molecule is COc1ccc(NC(=O)CSc2nc3c(c(C)c2C#N)CCC3)cc1. The number of carbonyl (C=O) groups excluding carboxylic acids is 1. The minimum atomic E-state index is -0.126. The average molecular weight is 353 g/mol. The molecule has 0 aliphatic heterocycles. The lowest BCUT2D eigenvalue weighted by atomic mass is 10.0. The number of methoxy groups -OCH3 is 1. The zero-order valence-corrected chi connectivity index (χ0v) is 15.1. The number of ether oxygens (including phenoxy) is 1. The molecule has 0 radical (unpaired) electrons. The van der Waals surface area contributed by atoms with Gasteiger partial charge < -0.3 is 10.1 Å². The molecule has 0 fully saturated rings. The van der Waals surface area contributed by atoms with Crippen molar-refractivity contribution < 1.29 is 9.53 Å². The number of hydrogen-bond donors (Lipinski definition) is 1. The number of nitrogens with one attached hydrogen (secondary N) is 1. The zero-order valence-electron chi connectivity index (χ0n) is 14.3. The third kappa shape index (κ3) is 3.77. The van der Waals surface area contributed by atoms with Crippen molar-refractivity contribution in [1.82, 2.24) is 4.98 Å². The predicted octanol–water partition coefficient (Wildman–Crippen LogP) is 3.49. The van der Waals surface area contributed by atoms with Crippen LogP contribution in [0, 0.1) is 18.3 Å².